The molecular formula is C16H16FNO. The minimum absolute atomic E-state index is 0.0754. The number of rotatable bonds is 1. The largest absolute Gasteiger partial charge is 0.481 e. The van der Waals surface area contributed by atoms with Gasteiger partial charge in [-0.1, -0.05) is 24.3 Å². The van der Waals surface area contributed by atoms with Crippen LogP contribution in [0.5, 0.6) is 5.75 Å². The molecule has 0 saturated carbocycles. The van der Waals surface area contributed by atoms with Gasteiger partial charge in [0.2, 0.25) is 0 Å². The van der Waals surface area contributed by atoms with Crippen LogP contribution in [-0.4, -0.2) is 6.54 Å². The van der Waals surface area contributed by atoms with Gasteiger partial charge in [0, 0.05) is 0 Å². The second kappa shape index (κ2) is 4.57. The summed E-state index contributed by atoms with van der Waals surface area (Å²) in [6.45, 7) is 4.79. The predicted molar refractivity (Wildman–Crippen MR) is 74.2 cm³/mol. The fourth-order valence-corrected chi connectivity index (χ4v) is 2.40. The Bertz CT molecular complexity index is 607. The van der Waals surface area contributed by atoms with Crippen molar-refractivity contribution in [3.8, 4) is 5.75 Å². The molecule has 0 bridgehead atoms. The molecule has 1 aliphatic heterocycles. The number of fused-ring (bicyclic) bond motifs is 1. The van der Waals surface area contributed by atoms with E-state index in [1.165, 1.54) is 17.7 Å². The first-order valence-corrected chi connectivity index (χ1v) is 6.41. The van der Waals surface area contributed by atoms with E-state index in [-0.39, 0.29) is 11.9 Å². The average Bonchev–Trinajstić information content (AvgIpc) is 2.43. The maximum atomic E-state index is 13.0. The first-order chi connectivity index (χ1) is 9.15. The molecule has 1 atom stereocenters. The minimum atomic E-state index is -0.222. The molecule has 0 spiro atoms. The van der Waals surface area contributed by atoms with E-state index in [1.54, 1.807) is 12.1 Å². The van der Waals surface area contributed by atoms with Crippen LogP contribution < -0.4 is 10.1 Å². The molecule has 2 nitrogen and oxygen atoms in total. The van der Waals surface area contributed by atoms with E-state index >= 15 is 0 Å². The van der Waals surface area contributed by atoms with E-state index in [0.717, 1.165) is 22.6 Å². The number of nitrogens with one attached hydrogen (secondary N) is 1. The van der Waals surface area contributed by atoms with E-state index in [1.807, 2.05) is 6.92 Å². The molecule has 3 rings (SSSR count). The van der Waals surface area contributed by atoms with Crippen molar-refractivity contribution in [3.63, 3.8) is 0 Å². The molecule has 98 valence electrons. The standard InChI is InChI=1S/C16H16FNO/c1-10-3-4-11(2)16-15(10)18-9-14(19-16)12-5-7-13(17)8-6-12/h3-8,14,18H,9H2,1-2H3. The Labute approximate surface area is 112 Å². The van der Waals surface area contributed by atoms with Gasteiger partial charge in [0.15, 0.2) is 0 Å². The fraction of sp³-hybridized carbons (Fsp3) is 0.250. The normalized spacial score (nSPS) is 17.3. The highest BCUT2D eigenvalue weighted by atomic mass is 19.1. The van der Waals surface area contributed by atoms with Crippen LogP contribution in [0.15, 0.2) is 36.4 Å². The van der Waals surface area contributed by atoms with Gasteiger partial charge < -0.3 is 10.1 Å². The molecule has 1 heterocycles. The van der Waals surface area contributed by atoms with Gasteiger partial charge in [-0.15, -0.1) is 0 Å². The average molecular weight is 257 g/mol. The number of ether oxygens (including phenoxy) is 1. The Morgan fingerprint density at radius 1 is 1.05 bits per heavy atom. The molecule has 1 unspecified atom stereocenters. The van der Waals surface area contributed by atoms with Gasteiger partial charge in [0.05, 0.1) is 12.2 Å². The maximum absolute atomic E-state index is 13.0. The molecule has 19 heavy (non-hydrogen) atoms. The molecule has 0 fully saturated rings. The summed E-state index contributed by atoms with van der Waals surface area (Å²) < 4.78 is 19.0. The molecule has 0 aromatic heterocycles. The van der Waals surface area contributed by atoms with Crippen LogP contribution >= 0.6 is 0 Å². The van der Waals surface area contributed by atoms with Crippen LogP contribution in [0.1, 0.15) is 22.8 Å². The smallest absolute Gasteiger partial charge is 0.146 e. The number of anilines is 1. The first kappa shape index (κ1) is 12.0. The highest BCUT2D eigenvalue weighted by Crippen LogP contribution is 2.38. The lowest BCUT2D eigenvalue weighted by molar-refractivity contribution is 0.208. The van der Waals surface area contributed by atoms with Crippen LogP contribution in [0.2, 0.25) is 0 Å². The first-order valence-electron chi connectivity index (χ1n) is 6.41. The van der Waals surface area contributed by atoms with Gasteiger partial charge in [0.1, 0.15) is 17.7 Å². The summed E-state index contributed by atoms with van der Waals surface area (Å²) >= 11 is 0. The number of benzene rings is 2. The second-order valence-corrected chi connectivity index (χ2v) is 4.94. The van der Waals surface area contributed by atoms with Crippen molar-refractivity contribution in [1.29, 1.82) is 0 Å². The molecule has 0 saturated heterocycles. The van der Waals surface area contributed by atoms with Gasteiger partial charge >= 0.3 is 0 Å². The van der Waals surface area contributed by atoms with E-state index < -0.39 is 0 Å². The van der Waals surface area contributed by atoms with Gasteiger partial charge in [-0.3, -0.25) is 0 Å². The maximum Gasteiger partial charge on any atom is 0.146 e. The van der Waals surface area contributed by atoms with Gasteiger partial charge in [-0.25, -0.2) is 4.39 Å². The summed E-state index contributed by atoms with van der Waals surface area (Å²) in [5, 5.41) is 3.42. The highest BCUT2D eigenvalue weighted by Gasteiger charge is 2.23. The molecule has 3 heteroatoms. The summed E-state index contributed by atoms with van der Waals surface area (Å²) in [7, 11) is 0. The lowest BCUT2D eigenvalue weighted by Crippen LogP contribution is -2.24. The zero-order valence-corrected chi connectivity index (χ0v) is 11.0. The van der Waals surface area contributed by atoms with Crippen molar-refractivity contribution in [1.82, 2.24) is 0 Å². The molecule has 0 radical (unpaired) electrons. The molecule has 0 amide bonds. The van der Waals surface area contributed by atoms with Crippen LogP contribution in [0.3, 0.4) is 0 Å². The summed E-state index contributed by atoms with van der Waals surface area (Å²) in [4.78, 5) is 0. The molecule has 2 aromatic carbocycles. The van der Waals surface area contributed by atoms with Crippen molar-refractivity contribution in [2.24, 2.45) is 0 Å². The zero-order chi connectivity index (χ0) is 13.4. The Morgan fingerprint density at radius 2 is 1.74 bits per heavy atom. The molecule has 2 aromatic rings. The van der Waals surface area contributed by atoms with Crippen molar-refractivity contribution in [3.05, 3.63) is 58.9 Å². The monoisotopic (exact) mass is 257 g/mol. The Balaban J connectivity index is 1.94. The number of halogens is 1. The summed E-state index contributed by atoms with van der Waals surface area (Å²) in [6, 6.07) is 10.6. The second-order valence-electron chi connectivity index (χ2n) is 4.94. The summed E-state index contributed by atoms with van der Waals surface area (Å²) in [5.41, 5.74) is 4.34. The van der Waals surface area contributed by atoms with E-state index in [2.05, 4.69) is 24.4 Å². The third-order valence-electron chi connectivity index (χ3n) is 3.53. The number of hydrogen-bond acceptors (Lipinski definition) is 2. The summed E-state index contributed by atoms with van der Waals surface area (Å²) in [5.74, 6) is 0.681. The highest BCUT2D eigenvalue weighted by molar-refractivity contribution is 5.66. The van der Waals surface area contributed by atoms with Crippen molar-refractivity contribution >= 4 is 5.69 Å². The number of aryl methyl sites for hydroxylation is 2. The van der Waals surface area contributed by atoms with E-state index in [9.17, 15) is 4.39 Å². The third kappa shape index (κ3) is 2.16. The minimum Gasteiger partial charge on any atom is -0.481 e. The molecule has 0 aliphatic carbocycles. The lowest BCUT2D eigenvalue weighted by Gasteiger charge is -2.30. The van der Waals surface area contributed by atoms with Crippen LogP contribution in [-0.2, 0) is 0 Å². The van der Waals surface area contributed by atoms with Crippen molar-refractivity contribution < 1.29 is 9.13 Å². The van der Waals surface area contributed by atoms with Gasteiger partial charge in [0.25, 0.3) is 0 Å². The Hall–Kier alpha value is -2.03. The topological polar surface area (TPSA) is 21.3 Å². The molecular weight excluding hydrogens is 241 g/mol. The van der Waals surface area contributed by atoms with Crippen molar-refractivity contribution in [2.75, 3.05) is 11.9 Å². The lowest BCUT2D eigenvalue weighted by atomic mass is 10.0. The van der Waals surface area contributed by atoms with E-state index in [4.69, 9.17) is 4.74 Å². The van der Waals surface area contributed by atoms with Crippen LogP contribution in [0.25, 0.3) is 0 Å². The Morgan fingerprint density at radius 3 is 2.47 bits per heavy atom. The fourth-order valence-electron chi connectivity index (χ4n) is 2.40. The number of hydrogen-bond donors (Lipinski definition) is 1. The summed E-state index contributed by atoms with van der Waals surface area (Å²) in [6.07, 6.45) is -0.0754. The van der Waals surface area contributed by atoms with Crippen molar-refractivity contribution in [2.45, 2.75) is 20.0 Å². The van der Waals surface area contributed by atoms with Gasteiger partial charge in [-0.05, 0) is 42.7 Å². The van der Waals surface area contributed by atoms with Crippen LogP contribution in [0.4, 0.5) is 10.1 Å². The molecule has 1 N–H and O–H groups in total. The predicted octanol–water partition coefficient (Wildman–Crippen LogP) is 3.99. The van der Waals surface area contributed by atoms with Crippen LogP contribution in [0, 0.1) is 19.7 Å². The molecule has 1 aliphatic rings. The quantitative estimate of drug-likeness (QED) is 0.834. The SMILES string of the molecule is Cc1ccc(C)c2c1NCC(c1ccc(F)cc1)O2. The van der Waals surface area contributed by atoms with Gasteiger partial charge in [-0.2, -0.15) is 0 Å². The third-order valence-corrected chi connectivity index (χ3v) is 3.53. The van der Waals surface area contributed by atoms with E-state index in [0.29, 0.717) is 6.54 Å². The zero-order valence-electron chi connectivity index (χ0n) is 11.0. The Kier molecular flexibility index (Phi) is 2.90.